The molecule has 0 aromatic heterocycles. The van der Waals surface area contributed by atoms with E-state index in [2.05, 4.69) is 30.2 Å². The molecular formula is C23H26Cl2NPS. The molecule has 3 rings (SSSR count). The fourth-order valence-electron chi connectivity index (χ4n) is 3.75. The van der Waals surface area contributed by atoms with E-state index >= 15 is 0 Å². The molecule has 1 aliphatic heterocycles. The Morgan fingerprint density at radius 2 is 1.25 bits per heavy atom. The normalized spacial score (nSPS) is 24.0. The fourth-order valence-corrected chi connectivity index (χ4v) is 8.70. The van der Waals surface area contributed by atoms with Crippen molar-refractivity contribution in [1.29, 1.82) is 0 Å². The highest BCUT2D eigenvalue weighted by molar-refractivity contribution is 8.16. The Morgan fingerprint density at radius 1 is 0.857 bits per heavy atom. The quantitative estimate of drug-likeness (QED) is 0.427. The van der Waals surface area contributed by atoms with E-state index in [9.17, 15) is 0 Å². The number of rotatable bonds is 5. The summed E-state index contributed by atoms with van der Waals surface area (Å²) in [4.78, 5) is 0. The number of hydrogen-bond donors (Lipinski definition) is 0. The second-order valence-electron chi connectivity index (χ2n) is 7.68. The minimum Gasteiger partial charge on any atom is -0.268 e. The van der Waals surface area contributed by atoms with Crippen LogP contribution in [0.2, 0.25) is 0 Å². The summed E-state index contributed by atoms with van der Waals surface area (Å²) in [6.45, 7) is 6.56. The van der Waals surface area contributed by atoms with Gasteiger partial charge < -0.3 is 0 Å². The van der Waals surface area contributed by atoms with Crippen LogP contribution in [-0.2, 0) is 11.8 Å². The first-order valence-corrected chi connectivity index (χ1v) is 13.2. The Bertz CT molecular complexity index is 826. The van der Waals surface area contributed by atoms with Gasteiger partial charge in [-0.3, -0.25) is 4.67 Å². The van der Waals surface area contributed by atoms with E-state index in [1.807, 2.05) is 60.7 Å². The number of nitrogens with zero attached hydrogens (tertiary/aromatic N) is 1. The van der Waals surface area contributed by atoms with Gasteiger partial charge in [0.25, 0.3) is 0 Å². The standard InChI is InChI=1S/C23H26Cl2NPS/c1-18-13-19(2)15-26(14-18)27(28,16-22(24)20-9-5-3-6-10-20)17-23(25)21-11-7-4-8-12-21/h3-12,16-19H,13-15H2,1-2H3/b22-16+,23-17?. The second kappa shape index (κ2) is 9.74. The summed E-state index contributed by atoms with van der Waals surface area (Å²) in [5.41, 5.74) is 1.97. The monoisotopic (exact) mass is 449 g/mol. The summed E-state index contributed by atoms with van der Waals surface area (Å²) >= 11 is 19.8. The van der Waals surface area contributed by atoms with Crippen LogP contribution in [-0.4, -0.2) is 17.8 Å². The number of piperidine rings is 1. The van der Waals surface area contributed by atoms with Crippen LogP contribution in [0.15, 0.2) is 72.3 Å². The van der Waals surface area contributed by atoms with E-state index in [1.54, 1.807) is 0 Å². The predicted molar refractivity (Wildman–Crippen MR) is 129 cm³/mol. The molecule has 0 aliphatic carbocycles. The average molecular weight is 450 g/mol. The molecule has 0 N–H and O–H groups in total. The van der Waals surface area contributed by atoms with Crippen molar-refractivity contribution in [3.63, 3.8) is 0 Å². The van der Waals surface area contributed by atoms with E-state index in [0.29, 0.717) is 21.9 Å². The summed E-state index contributed by atoms with van der Waals surface area (Å²) < 4.78 is 2.44. The third-order valence-electron chi connectivity index (χ3n) is 4.99. The summed E-state index contributed by atoms with van der Waals surface area (Å²) in [6.07, 6.45) is -1.000. The Kier molecular flexibility index (Phi) is 7.59. The van der Waals surface area contributed by atoms with Crippen molar-refractivity contribution in [3.05, 3.63) is 83.4 Å². The van der Waals surface area contributed by atoms with Gasteiger partial charge in [-0.05, 0) is 41.0 Å². The van der Waals surface area contributed by atoms with Crippen molar-refractivity contribution in [2.24, 2.45) is 11.8 Å². The van der Waals surface area contributed by atoms with Gasteiger partial charge in [-0.1, -0.05) is 110 Å². The highest BCUT2D eigenvalue weighted by Gasteiger charge is 2.30. The summed E-state index contributed by atoms with van der Waals surface area (Å²) in [7, 11) is 0. The van der Waals surface area contributed by atoms with Crippen LogP contribution < -0.4 is 0 Å². The first-order valence-electron chi connectivity index (χ1n) is 9.60. The van der Waals surface area contributed by atoms with Crippen molar-refractivity contribution >= 4 is 51.3 Å². The molecule has 0 bridgehead atoms. The zero-order valence-corrected chi connectivity index (χ0v) is 19.5. The maximum atomic E-state index is 6.74. The summed E-state index contributed by atoms with van der Waals surface area (Å²) in [6, 6.07) is 20.0. The van der Waals surface area contributed by atoms with E-state index in [-0.39, 0.29) is 0 Å². The van der Waals surface area contributed by atoms with Crippen LogP contribution >= 0.6 is 29.4 Å². The lowest BCUT2D eigenvalue weighted by Gasteiger charge is -2.40. The lowest BCUT2D eigenvalue weighted by Crippen LogP contribution is -2.35. The summed E-state index contributed by atoms with van der Waals surface area (Å²) in [5, 5.41) is 1.40. The van der Waals surface area contributed by atoms with Crippen LogP contribution in [0.3, 0.4) is 0 Å². The van der Waals surface area contributed by atoms with Crippen LogP contribution in [0, 0.1) is 11.8 Å². The zero-order valence-electron chi connectivity index (χ0n) is 16.3. The number of halogens is 2. The smallest absolute Gasteiger partial charge is 0.0600 e. The van der Waals surface area contributed by atoms with Gasteiger partial charge in [-0.15, -0.1) is 0 Å². The molecule has 3 atom stereocenters. The molecule has 28 heavy (non-hydrogen) atoms. The molecule has 1 fully saturated rings. The molecule has 0 spiro atoms. The Hall–Kier alpha value is -0.890. The fraction of sp³-hybridized carbons (Fsp3) is 0.304. The summed E-state index contributed by atoms with van der Waals surface area (Å²) in [5.74, 6) is 5.38. The Balaban J connectivity index is 2.04. The molecular weight excluding hydrogens is 424 g/mol. The SMILES string of the molecule is CC1CC(C)CN(P(=S)(C=C(Cl)c2ccccc2)/C=C(/Cl)c2ccccc2)C1. The lowest BCUT2D eigenvalue weighted by molar-refractivity contribution is 0.232. The van der Waals surface area contributed by atoms with Gasteiger partial charge in [-0.2, -0.15) is 0 Å². The maximum Gasteiger partial charge on any atom is 0.0600 e. The van der Waals surface area contributed by atoms with Crippen LogP contribution in [0.5, 0.6) is 0 Å². The van der Waals surface area contributed by atoms with Crippen LogP contribution in [0.1, 0.15) is 31.4 Å². The predicted octanol–water partition coefficient (Wildman–Crippen LogP) is 7.83. The van der Waals surface area contributed by atoms with Crippen molar-refractivity contribution in [2.75, 3.05) is 13.1 Å². The molecule has 1 saturated heterocycles. The number of hydrogen-bond acceptors (Lipinski definition) is 1. The van der Waals surface area contributed by atoms with Gasteiger partial charge in [-0.25, -0.2) is 0 Å². The van der Waals surface area contributed by atoms with Gasteiger partial charge in [0, 0.05) is 13.1 Å². The van der Waals surface area contributed by atoms with E-state index in [0.717, 1.165) is 24.2 Å². The van der Waals surface area contributed by atoms with Gasteiger partial charge in [0.05, 0.1) is 16.3 Å². The molecule has 148 valence electrons. The van der Waals surface area contributed by atoms with E-state index < -0.39 is 6.19 Å². The van der Waals surface area contributed by atoms with E-state index in [1.165, 1.54) is 6.42 Å². The third-order valence-corrected chi connectivity index (χ3v) is 9.74. The van der Waals surface area contributed by atoms with Crippen molar-refractivity contribution in [1.82, 2.24) is 4.67 Å². The third kappa shape index (κ3) is 5.59. The topological polar surface area (TPSA) is 3.24 Å². The van der Waals surface area contributed by atoms with Crippen LogP contribution in [0.25, 0.3) is 10.1 Å². The molecule has 0 radical (unpaired) electrons. The van der Waals surface area contributed by atoms with E-state index in [4.69, 9.17) is 35.0 Å². The van der Waals surface area contributed by atoms with Crippen molar-refractivity contribution in [2.45, 2.75) is 20.3 Å². The van der Waals surface area contributed by atoms with Crippen LogP contribution in [0.4, 0.5) is 0 Å². The molecule has 5 heteroatoms. The minimum atomic E-state index is -2.23. The number of benzene rings is 2. The Labute approximate surface area is 184 Å². The zero-order chi connectivity index (χ0) is 20.1. The van der Waals surface area contributed by atoms with Crippen molar-refractivity contribution < 1.29 is 0 Å². The molecule has 0 amide bonds. The van der Waals surface area contributed by atoms with Gasteiger partial charge in [0.2, 0.25) is 0 Å². The largest absolute Gasteiger partial charge is 0.268 e. The molecule has 2 aromatic carbocycles. The molecule has 1 nitrogen and oxygen atoms in total. The molecule has 1 aliphatic rings. The van der Waals surface area contributed by atoms with Gasteiger partial charge in [0.1, 0.15) is 0 Å². The Morgan fingerprint density at radius 3 is 1.64 bits per heavy atom. The van der Waals surface area contributed by atoms with Gasteiger partial charge >= 0.3 is 0 Å². The van der Waals surface area contributed by atoms with Gasteiger partial charge in [0.15, 0.2) is 0 Å². The highest BCUT2D eigenvalue weighted by atomic mass is 35.5. The van der Waals surface area contributed by atoms with Crippen molar-refractivity contribution in [3.8, 4) is 0 Å². The molecule has 0 saturated carbocycles. The minimum absolute atomic E-state index is 0.610. The average Bonchev–Trinajstić information content (AvgIpc) is 2.68. The maximum absolute atomic E-state index is 6.74. The lowest BCUT2D eigenvalue weighted by atomic mass is 9.94. The second-order valence-corrected chi connectivity index (χ2v) is 12.7. The molecule has 3 unspecified atom stereocenters. The molecule has 1 heterocycles. The molecule has 2 aromatic rings. The highest BCUT2D eigenvalue weighted by Crippen LogP contribution is 2.58. The first-order chi connectivity index (χ1) is 13.4. The first kappa shape index (κ1) is 21.8.